The Kier molecular flexibility index (Phi) is 5.32. The van der Waals surface area contributed by atoms with Gasteiger partial charge in [-0.1, -0.05) is 11.6 Å². The molecule has 2 aromatic carbocycles. The minimum atomic E-state index is -0.956. The molecular formula is C22H24ClFN2O2. The molecule has 1 aliphatic heterocycles. The third-order valence-corrected chi connectivity index (χ3v) is 5.88. The first-order valence-electron chi connectivity index (χ1n) is 9.47. The number of hydrogen-bond donors (Lipinski definition) is 1. The van der Waals surface area contributed by atoms with Gasteiger partial charge >= 0.3 is 0 Å². The summed E-state index contributed by atoms with van der Waals surface area (Å²) in [6, 6.07) is 10.4. The summed E-state index contributed by atoms with van der Waals surface area (Å²) in [6.45, 7) is 2.22. The fourth-order valence-corrected chi connectivity index (χ4v) is 4.28. The zero-order chi connectivity index (χ0) is 19.8. The molecule has 1 aliphatic rings. The zero-order valence-electron chi connectivity index (χ0n) is 16.1. The predicted octanol–water partition coefficient (Wildman–Crippen LogP) is 4.21. The van der Waals surface area contributed by atoms with Crippen LogP contribution in [0.1, 0.15) is 22.9 Å². The molecule has 0 radical (unpaired) electrons. The first kappa shape index (κ1) is 19.2. The third-order valence-electron chi connectivity index (χ3n) is 5.64. The standard InChI is InChI=1S/C22H24ClFN2O2/c1-25-9-7-16-18-11-14(23)3-6-20(18)26(21(16)8-10-25)13-22(27)17-5-4-15(28-2)12-19(17)24/h3-6,11-12,22,27H,7-10,13H2,1-2H3. The summed E-state index contributed by atoms with van der Waals surface area (Å²) >= 11 is 6.26. The fourth-order valence-electron chi connectivity index (χ4n) is 4.11. The van der Waals surface area contributed by atoms with Crippen LogP contribution in [0.2, 0.25) is 5.02 Å². The number of hydrogen-bond acceptors (Lipinski definition) is 3. The number of methoxy groups -OCH3 is 1. The van der Waals surface area contributed by atoms with Crippen LogP contribution in [0, 0.1) is 5.82 Å². The second-order valence-corrected chi connectivity index (χ2v) is 7.84. The van der Waals surface area contributed by atoms with Crippen LogP contribution in [0.25, 0.3) is 10.9 Å². The minimum Gasteiger partial charge on any atom is -0.497 e. The van der Waals surface area contributed by atoms with Gasteiger partial charge in [0, 0.05) is 52.8 Å². The van der Waals surface area contributed by atoms with E-state index in [-0.39, 0.29) is 5.56 Å². The fraction of sp³-hybridized carbons (Fsp3) is 0.364. The molecule has 0 amide bonds. The van der Waals surface area contributed by atoms with Gasteiger partial charge in [0.2, 0.25) is 0 Å². The van der Waals surface area contributed by atoms with E-state index in [2.05, 4.69) is 16.5 Å². The molecule has 2 heterocycles. The van der Waals surface area contributed by atoms with Gasteiger partial charge in [-0.3, -0.25) is 0 Å². The van der Waals surface area contributed by atoms with Gasteiger partial charge in [0.05, 0.1) is 19.8 Å². The van der Waals surface area contributed by atoms with Gasteiger partial charge in [0.15, 0.2) is 0 Å². The van der Waals surface area contributed by atoms with Crippen molar-refractivity contribution in [3.63, 3.8) is 0 Å². The molecule has 28 heavy (non-hydrogen) atoms. The predicted molar refractivity (Wildman–Crippen MR) is 110 cm³/mol. The topological polar surface area (TPSA) is 37.6 Å². The van der Waals surface area contributed by atoms with Crippen molar-refractivity contribution in [1.82, 2.24) is 9.47 Å². The number of halogens is 2. The lowest BCUT2D eigenvalue weighted by Gasteiger charge is -2.18. The average Bonchev–Trinajstić information content (AvgIpc) is 2.81. The van der Waals surface area contributed by atoms with Crippen LogP contribution in [0.5, 0.6) is 5.75 Å². The minimum absolute atomic E-state index is 0.274. The van der Waals surface area contributed by atoms with Crippen molar-refractivity contribution in [2.75, 3.05) is 27.2 Å². The molecule has 6 heteroatoms. The first-order valence-corrected chi connectivity index (χ1v) is 9.85. The van der Waals surface area contributed by atoms with E-state index in [4.69, 9.17) is 16.3 Å². The lowest BCUT2D eigenvalue weighted by atomic mass is 10.1. The number of aliphatic hydroxyl groups is 1. The maximum atomic E-state index is 14.5. The van der Waals surface area contributed by atoms with Crippen LogP contribution < -0.4 is 4.74 Å². The van der Waals surface area contributed by atoms with Crippen molar-refractivity contribution in [3.05, 3.63) is 64.1 Å². The highest BCUT2D eigenvalue weighted by atomic mass is 35.5. The molecule has 1 N–H and O–H groups in total. The lowest BCUT2D eigenvalue weighted by Crippen LogP contribution is -2.21. The van der Waals surface area contributed by atoms with E-state index in [1.807, 2.05) is 18.2 Å². The SMILES string of the molecule is COc1ccc(C(O)Cn2c3c(c4cc(Cl)ccc42)CCN(C)CC3)c(F)c1. The molecule has 0 bridgehead atoms. The molecule has 1 atom stereocenters. The summed E-state index contributed by atoms with van der Waals surface area (Å²) in [7, 11) is 3.61. The van der Waals surface area contributed by atoms with E-state index in [1.165, 1.54) is 24.4 Å². The number of aliphatic hydroxyl groups excluding tert-OH is 1. The number of ether oxygens (including phenoxy) is 1. The Morgan fingerprint density at radius 1 is 1.18 bits per heavy atom. The zero-order valence-corrected chi connectivity index (χ0v) is 16.8. The number of rotatable bonds is 4. The van der Waals surface area contributed by atoms with Crippen molar-refractivity contribution in [2.24, 2.45) is 0 Å². The van der Waals surface area contributed by atoms with E-state index in [0.29, 0.717) is 17.3 Å². The molecule has 3 aromatic rings. The van der Waals surface area contributed by atoms with Crippen LogP contribution in [0.4, 0.5) is 4.39 Å². The highest BCUT2D eigenvalue weighted by molar-refractivity contribution is 6.31. The summed E-state index contributed by atoms with van der Waals surface area (Å²) in [5.41, 5.74) is 3.79. The van der Waals surface area contributed by atoms with E-state index < -0.39 is 11.9 Å². The Hall–Kier alpha value is -2.08. The smallest absolute Gasteiger partial charge is 0.132 e. The van der Waals surface area contributed by atoms with Gasteiger partial charge in [-0.2, -0.15) is 0 Å². The molecule has 1 unspecified atom stereocenters. The Balaban J connectivity index is 1.76. The number of nitrogens with zero attached hydrogens (tertiary/aromatic N) is 2. The van der Waals surface area contributed by atoms with Gasteiger partial charge in [-0.25, -0.2) is 4.39 Å². The second kappa shape index (κ2) is 7.74. The van der Waals surface area contributed by atoms with Gasteiger partial charge in [-0.15, -0.1) is 0 Å². The monoisotopic (exact) mass is 402 g/mol. The maximum Gasteiger partial charge on any atom is 0.132 e. The van der Waals surface area contributed by atoms with E-state index in [0.717, 1.165) is 36.8 Å². The average molecular weight is 403 g/mol. The van der Waals surface area contributed by atoms with Crippen molar-refractivity contribution < 1.29 is 14.2 Å². The van der Waals surface area contributed by atoms with Gasteiger partial charge < -0.3 is 19.3 Å². The summed E-state index contributed by atoms with van der Waals surface area (Å²) in [6.07, 6.45) is 0.862. The summed E-state index contributed by atoms with van der Waals surface area (Å²) in [4.78, 5) is 2.31. The van der Waals surface area contributed by atoms with Gasteiger partial charge in [0.25, 0.3) is 0 Å². The molecule has 4 nitrogen and oxygen atoms in total. The van der Waals surface area contributed by atoms with Crippen molar-refractivity contribution in [2.45, 2.75) is 25.5 Å². The Bertz CT molecular complexity index is 1020. The summed E-state index contributed by atoms with van der Waals surface area (Å²) in [5.74, 6) is -0.0245. The third kappa shape index (κ3) is 3.50. The number of likely N-dealkylation sites (N-methyl/N-ethyl adjacent to an activating group) is 1. The normalized spacial score (nSPS) is 16.0. The Morgan fingerprint density at radius 3 is 2.71 bits per heavy atom. The van der Waals surface area contributed by atoms with Crippen LogP contribution in [-0.4, -0.2) is 41.8 Å². The molecule has 1 aromatic heterocycles. The van der Waals surface area contributed by atoms with Crippen LogP contribution in [0.3, 0.4) is 0 Å². The lowest BCUT2D eigenvalue weighted by molar-refractivity contribution is 0.152. The van der Waals surface area contributed by atoms with Gasteiger partial charge in [0.1, 0.15) is 11.6 Å². The van der Waals surface area contributed by atoms with Crippen molar-refractivity contribution in [3.8, 4) is 5.75 Å². The van der Waals surface area contributed by atoms with E-state index in [9.17, 15) is 9.50 Å². The molecule has 0 saturated heterocycles. The van der Waals surface area contributed by atoms with Crippen molar-refractivity contribution >= 4 is 22.5 Å². The molecule has 0 saturated carbocycles. The van der Waals surface area contributed by atoms with Crippen LogP contribution >= 0.6 is 11.6 Å². The number of benzene rings is 2. The van der Waals surface area contributed by atoms with E-state index >= 15 is 0 Å². The number of aromatic nitrogens is 1. The highest BCUT2D eigenvalue weighted by Gasteiger charge is 2.23. The quantitative estimate of drug-likeness (QED) is 0.710. The van der Waals surface area contributed by atoms with Gasteiger partial charge in [-0.05, 0) is 49.4 Å². The molecule has 0 spiro atoms. The maximum absolute atomic E-state index is 14.5. The second-order valence-electron chi connectivity index (χ2n) is 7.40. The number of fused-ring (bicyclic) bond motifs is 3. The summed E-state index contributed by atoms with van der Waals surface area (Å²) < 4.78 is 21.7. The Labute approximate surface area is 169 Å². The van der Waals surface area contributed by atoms with Crippen molar-refractivity contribution in [1.29, 1.82) is 0 Å². The molecule has 4 rings (SSSR count). The largest absolute Gasteiger partial charge is 0.497 e. The molecule has 0 fully saturated rings. The van der Waals surface area contributed by atoms with E-state index in [1.54, 1.807) is 12.1 Å². The molecule has 0 aliphatic carbocycles. The van der Waals surface area contributed by atoms with Crippen LogP contribution in [-0.2, 0) is 19.4 Å². The van der Waals surface area contributed by atoms with Crippen LogP contribution in [0.15, 0.2) is 36.4 Å². The molecule has 148 valence electrons. The first-order chi connectivity index (χ1) is 13.5. The molecular weight excluding hydrogens is 379 g/mol. The summed E-state index contributed by atoms with van der Waals surface area (Å²) in [5, 5.41) is 12.7. The highest BCUT2D eigenvalue weighted by Crippen LogP contribution is 2.33. The Morgan fingerprint density at radius 2 is 1.96 bits per heavy atom.